The second-order valence-corrected chi connectivity index (χ2v) is 11.7. The number of pyridine rings is 1. The van der Waals surface area contributed by atoms with E-state index in [2.05, 4.69) is 173 Å². The summed E-state index contributed by atoms with van der Waals surface area (Å²) in [6.07, 6.45) is 4.16. The molecule has 0 radical (unpaired) electrons. The van der Waals surface area contributed by atoms with Crippen molar-refractivity contribution in [2.45, 2.75) is 0 Å². The van der Waals surface area contributed by atoms with Gasteiger partial charge in [0.2, 0.25) is 0 Å². The van der Waals surface area contributed by atoms with E-state index in [0.717, 1.165) is 28.4 Å². The van der Waals surface area contributed by atoms with E-state index in [9.17, 15) is 0 Å². The summed E-state index contributed by atoms with van der Waals surface area (Å²) >= 11 is 0. The Bertz CT molecular complexity index is 2300. The fraction of sp³-hybridized carbons (Fsp3) is 0. The van der Waals surface area contributed by atoms with Crippen molar-refractivity contribution in [1.82, 2.24) is 9.55 Å². The number of para-hydroxylation sites is 2. The summed E-state index contributed by atoms with van der Waals surface area (Å²) < 4.78 is 2.31. The molecule has 0 amide bonds. The van der Waals surface area contributed by atoms with Gasteiger partial charge in [0.15, 0.2) is 0 Å². The number of rotatable bonds is 5. The predicted molar refractivity (Wildman–Crippen MR) is 191 cm³/mol. The predicted octanol–water partition coefficient (Wildman–Crippen LogP) is 11.5. The van der Waals surface area contributed by atoms with Crippen molar-refractivity contribution in [3.05, 3.63) is 176 Å². The summed E-state index contributed by atoms with van der Waals surface area (Å²) in [5.41, 5.74) is 15.1. The highest BCUT2D eigenvalue weighted by Gasteiger charge is 2.24. The third-order valence-corrected chi connectivity index (χ3v) is 9.03. The largest absolute Gasteiger partial charge is 0.316 e. The Hall–Kier alpha value is -6.19. The molecule has 0 atom stereocenters. The first-order valence-corrected chi connectivity index (χ1v) is 15.6. The van der Waals surface area contributed by atoms with Crippen molar-refractivity contribution in [3.8, 4) is 50.3 Å². The lowest BCUT2D eigenvalue weighted by atomic mass is 9.95. The molecule has 0 aliphatic heterocycles. The summed E-state index contributed by atoms with van der Waals surface area (Å²) in [6.45, 7) is 0. The van der Waals surface area contributed by atoms with Crippen LogP contribution in [0.1, 0.15) is 0 Å². The molecule has 0 bridgehead atoms. The molecule has 0 saturated carbocycles. The number of hydrogen-bond acceptors (Lipinski definition) is 2. The molecule has 2 heterocycles. The maximum absolute atomic E-state index is 4.90. The van der Waals surface area contributed by atoms with Gasteiger partial charge in [0, 0.05) is 51.7 Å². The molecule has 46 heavy (non-hydrogen) atoms. The lowest BCUT2D eigenvalue weighted by Crippen LogP contribution is -2.09. The number of aromatic nitrogens is 2. The van der Waals surface area contributed by atoms with E-state index in [1.54, 1.807) is 0 Å². The fourth-order valence-corrected chi connectivity index (χ4v) is 6.91. The average molecular weight is 588 g/mol. The lowest BCUT2D eigenvalue weighted by Gasteiger charge is -2.25. The highest BCUT2D eigenvalue weighted by Crippen LogP contribution is 2.47. The van der Waals surface area contributed by atoms with Gasteiger partial charge in [0.25, 0.3) is 0 Å². The first-order chi connectivity index (χ1) is 22.8. The molecule has 216 valence electrons. The molecule has 0 saturated heterocycles. The Balaban J connectivity index is 1.09. The molecule has 1 aliphatic carbocycles. The zero-order valence-corrected chi connectivity index (χ0v) is 25.1. The van der Waals surface area contributed by atoms with Gasteiger partial charge in [-0.05, 0) is 88.5 Å². The van der Waals surface area contributed by atoms with Gasteiger partial charge in [-0.15, -0.1) is 0 Å². The van der Waals surface area contributed by atoms with E-state index in [1.165, 1.54) is 49.8 Å². The number of nitrogens with zero attached hydrogens (tertiary/aromatic N) is 3. The number of hydrogen-bond donors (Lipinski definition) is 0. The molecule has 0 N–H and O–H groups in total. The van der Waals surface area contributed by atoms with E-state index >= 15 is 0 Å². The molecule has 0 fully saturated rings. The van der Waals surface area contributed by atoms with E-state index in [0.29, 0.717) is 0 Å². The monoisotopic (exact) mass is 587 g/mol. The first-order valence-electron chi connectivity index (χ1n) is 15.6. The number of benzene rings is 6. The van der Waals surface area contributed by atoms with Gasteiger partial charge in [0.1, 0.15) is 0 Å². The maximum atomic E-state index is 4.90. The minimum absolute atomic E-state index is 1.03. The van der Waals surface area contributed by atoms with Gasteiger partial charge in [-0.1, -0.05) is 103 Å². The lowest BCUT2D eigenvalue weighted by molar-refractivity contribution is 1.13. The van der Waals surface area contributed by atoms with Gasteiger partial charge < -0.3 is 9.47 Å². The number of anilines is 3. The molecule has 8 aromatic rings. The van der Waals surface area contributed by atoms with Crippen LogP contribution in [0.5, 0.6) is 0 Å². The average Bonchev–Trinajstić information content (AvgIpc) is 3.48. The third-order valence-electron chi connectivity index (χ3n) is 9.03. The van der Waals surface area contributed by atoms with Crippen molar-refractivity contribution in [2.24, 2.45) is 0 Å². The Morgan fingerprint density at radius 1 is 0.413 bits per heavy atom. The minimum atomic E-state index is 1.03. The first kappa shape index (κ1) is 26.2. The zero-order chi connectivity index (χ0) is 30.5. The molecule has 3 heteroatoms. The van der Waals surface area contributed by atoms with Gasteiger partial charge >= 0.3 is 0 Å². The summed E-state index contributed by atoms with van der Waals surface area (Å²) in [5, 5.41) is 1.24. The summed E-state index contributed by atoms with van der Waals surface area (Å²) in [7, 11) is 0. The van der Waals surface area contributed by atoms with Crippen molar-refractivity contribution < 1.29 is 0 Å². The van der Waals surface area contributed by atoms with Crippen molar-refractivity contribution in [3.63, 3.8) is 0 Å². The van der Waals surface area contributed by atoms with Crippen molar-refractivity contribution in [2.75, 3.05) is 4.90 Å². The Morgan fingerprint density at radius 3 is 1.63 bits per heavy atom. The van der Waals surface area contributed by atoms with Crippen LogP contribution in [0.2, 0.25) is 0 Å². The normalized spacial score (nSPS) is 11.5. The molecule has 0 unspecified atom stereocenters. The Labute approximate surface area is 268 Å². The van der Waals surface area contributed by atoms with Gasteiger partial charge in [-0.3, -0.25) is 4.98 Å². The smallest absolute Gasteiger partial charge is 0.0802 e. The molecule has 3 nitrogen and oxygen atoms in total. The molecular formula is C43H29N3. The van der Waals surface area contributed by atoms with Crippen molar-refractivity contribution >= 4 is 28.0 Å². The van der Waals surface area contributed by atoms with Crippen LogP contribution < -0.4 is 4.90 Å². The van der Waals surface area contributed by atoms with Crippen LogP contribution in [0.3, 0.4) is 0 Å². The van der Waals surface area contributed by atoms with E-state index in [4.69, 9.17) is 4.98 Å². The molecule has 2 aromatic heterocycles. The highest BCUT2D eigenvalue weighted by molar-refractivity contribution is 6.12. The SMILES string of the molecule is c1ccc(N(c2ccccc2)c2ccc(-c3ccc(-n4cc5c6c(cccc64)-c4ccccc4-c4cccnc4-5)cc3)cc2)cc1. The summed E-state index contributed by atoms with van der Waals surface area (Å²) in [5.74, 6) is 0. The topological polar surface area (TPSA) is 21.1 Å². The highest BCUT2D eigenvalue weighted by atomic mass is 15.1. The molecule has 6 aromatic carbocycles. The van der Waals surface area contributed by atoms with Crippen LogP contribution in [0.15, 0.2) is 176 Å². The van der Waals surface area contributed by atoms with Crippen LogP contribution in [-0.4, -0.2) is 9.55 Å². The third kappa shape index (κ3) is 4.25. The molecule has 9 rings (SSSR count). The van der Waals surface area contributed by atoms with E-state index in [1.807, 2.05) is 12.3 Å². The fourth-order valence-electron chi connectivity index (χ4n) is 6.91. The Kier molecular flexibility index (Phi) is 6.14. The zero-order valence-electron chi connectivity index (χ0n) is 25.1. The maximum Gasteiger partial charge on any atom is 0.0802 e. The molecular weight excluding hydrogens is 558 g/mol. The van der Waals surface area contributed by atoms with Gasteiger partial charge in [-0.2, -0.15) is 0 Å². The second kappa shape index (κ2) is 10.8. The van der Waals surface area contributed by atoms with Crippen LogP contribution in [0, 0.1) is 0 Å². The molecule has 1 aliphatic rings. The van der Waals surface area contributed by atoms with E-state index in [-0.39, 0.29) is 0 Å². The Morgan fingerprint density at radius 2 is 0.957 bits per heavy atom. The van der Waals surface area contributed by atoms with Crippen LogP contribution >= 0.6 is 0 Å². The quantitative estimate of drug-likeness (QED) is 0.200. The van der Waals surface area contributed by atoms with Crippen molar-refractivity contribution in [1.29, 1.82) is 0 Å². The second-order valence-electron chi connectivity index (χ2n) is 11.7. The van der Waals surface area contributed by atoms with Gasteiger partial charge in [0.05, 0.1) is 11.2 Å². The van der Waals surface area contributed by atoms with Crippen LogP contribution in [0.25, 0.3) is 61.2 Å². The van der Waals surface area contributed by atoms with Crippen LogP contribution in [-0.2, 0) is 0 Å². The van der Waals surface area contributed by atoms with Crippen LogP contribution in [0.4, 0.5) is 17.1 Å². The summed E-state index contributed by atoms with van der Waals surface area (Å²) in [4.78, 5) is 7.19. The summed E-state index contributed by atoms with van der Waals surface area (Å²) in [6, 6.07) is 58.3. The molecule has 0 spiro atoms. The van der Waals surface area contributed by atoms with Gasteiger partial charge in [-0.25, -0.2) is 0 Å². The minimum Gasteiger partial charge on any atom is -0.316 e. The number of fused-ring (bicyclic) bond motifs is 5. The standard InChI is InChI=1S/C43H29N3/c1-3-11-33(12-4-1)46(34-13-5-2-6-14-34)35-26-22-31(23-27-35)30-20-24-32(25-21-30)45-29-40-42-38(17-9-19-41(42)45)36-15-7-8-16-37(36)39-18-10-28-44-43(39)40/h1-29H. The van der Waals surface area contributed by atoms with E-state index < -0.39 is 0 Å².